The first-order chi connectivity index (χ1) is 7.42. The number of hydrogen-bond donors (Lipinski definition) is 1. The number of aromatic nitrogens is 2. The molecule has 0 radical (unpaired) electrons. The third-order valence-electron chi connectivity index (χ3n) is 3.26. The monoisotopic (exact) mass is 243 g/mol. The first kappa shape index (κ1) is 11.9. The van der Waals surface area contributed by atoms with Gasteiger partial charge in [-0.2, -0.15) is 4.98 Å². The fourth-order valence-corrected chi connectivity index (χ4v) is 2.13. The van der Waals surface area contributed by atoms with Crippen LogP contribution in [-0.4, -0.2) is 16.7 Å². The summed E-state index contributed by atoms with van der Waals surface area (Å²) in [5, 5.41) is 7.47. The summed E-state index contributed by atoms with van der Waals surface area (Å²) in [5.74, 6) is 2.53. The van der Waals surface area contributed by atoms with E-state index in [1.807, 2.05) is 0 Å². The maximum Gasteiger partial charge on any atom is 0.243 e. The molecule has 1 N–H and O–H groups in total. The van der Waals surface area contributed by atoms with E-state index in [0.717, 1.165) is 37.0 Å². The van der Waals surface area contributed by atoms with Crippen LogP contribution in [0.5, 0.6) is 0 Å². The van der Waals surface area contributed by atoms with Gasteiger partial charge in [0.2, 0.25) is 5.89 Å². The highest BCUT2D eigenvalue weighted by molar-refractivity contribution is 5.85. The van der Waals surface area contributed by atoms with Gasteiger partial charge in [0.25, 0.3) is 0 Å². The van der Waals surface area contributed by atoms with Gasteiger partial charge in [0.15, 0.2) is 5.82 Å². The Morgan fingerprint density at radius 2 is 2.12 bits per heavy atom. The number of rotatable bonds is 3. The smallest absolute Gasteiger partial charge is 0.243 e. The molecule has 0 spiro atoms. The topological polar surface area (TPSA) is 51.0 Å². The number of halogens is 1. The Morgan fingerprint density at radius 3 is 2.81 bits per heavy atom. The predicted molar refractivity (Wildman–Crippen MR) is 62.6 cm³/mol. The second-order valence-electron chi connectivity index (χ2n) is 4.70. The largest absolute Gasteiger partial charge is 0.338 e. The molecule has 0 aromatic carbocycles. The van der Waals surface area contributed by atoms with E-state index in [1.165, 1.54) is 25.7 Å². The van der Waals surface area contributed by atoms with Crippen LogP contribution < -0.4 is 5.32 Å². The van der Waals surface area contributed by atoms with Crippen molar-refractivity contribution in [1.29, 1.82) is 0 Å². The van der Waals surface area contributed by atoms with Crippen molar-refractivity contribution >= 4 is 12.4 Å². The van der Waals surface area contributed by atoms with Crippen LogP contribution in [0.1, 0.15) is 49.9 Å². The third-order valence-corrected chi connectivity index (χ3v) is 3.26. The van der Waals surface area contributed by atoms with Gasteiger partial charge >= 0.3 is 0 Å². The number of nitrogens with one attached hydrogen (secondary N) is 1. The summed E-state index contributed by atoms with van der Waals surface area (Å²) in [6, 6.07) is 0.305. The minimum absolute atomic E-state index is 0. The number of nitrogens with zero attached hydrogens (tertiary/aromatic N) is 2. The average Bonchev–Trinajstić information content (AvgIpc) is 2.96. The Bertz CT molecular complexity index is 332. The SMILES string of the molecule is C1CC[C@@H](c2nc(CC3CC3)no2)NC1.Cl. The van der Waals surface area contributed by atoms with E-state index in [0.29, 0.717) is 6.04 Å². The van der Waals surface area contributed by atoms with Crippen molar-refractivity contribution in [1.82, 2.24) is 15.5 Å². The molecule has 90 valence electrons. The standard InChI is InChI=1S/C11H17N3O.ClH/c1-2-6-12-9(3-1)11-13-10(14-15-11)7-8-4-5-8;/h8-9,12H,1-7H2;1H/t9-;/m0./s1. The van der Waals surface area contributed by atoms with E-state index in [1.54, 1.807) is 0 Å². The van der Waals surface area contributed by atoms with Gasteiger partial charge in [-0.1, -0.05) is 11.6 Å². The van der Waals surface area contributed by atoms with E-state index in [4.69, 9.17) is 4.52 Å². The lowest BCUT2D eigenvalue weighted by molar-refractivity contribution is 0.295. The predicted octanol–water partition coefficient (Wildman–Crippen LogP) is 2.26. The van der Waals surface area contributed by atoms with E-state index >= 15 is 0 Å². The first-order valence-corrected chi connectivity index (χ1v) is 5.97. The Morgan fingerprint density at radius 1 is 1.25 bits per heavy atom. The normalized spacial score (nSPS) is 25.1. The van der Waals surface area contributed by atoms with Crippen LogP contribution >= 0.6 is 12.4 Å². The van der Waals surface area contributed by atoms with Crippen LogP contribution in [0.15, 0.2) is 4.52 Å². The lowest BCUT2D eigenvalue weighted by Crippen LogP contribution is -2.27. The molecule has 1 saturated heterocycles. The zero-order chi connectivity index (χ0) is 10.1. The van der Waals surface area contributed by atoms with Crippen LogP contribution in [0, 0.1) is 5.92 Å². The first-order valence-electron chi connectivity index (χ1n) is 5.97. The molecule has 0 bridgehead atoms. The van der Waals surface area contributed by atoms with Gasteiger partial charge in [-0.25, -0.2) is 0 Å². The van der Waals surface area contributed by atoms with Crippen molar-refractivity contribution in [3.63, 3.8) is 0 Å². The van der Waals surface area contributed by atoms with Crippen molar-refractivity contribution in [3.8, 4) is 0 Å². The zero-order valence-corrected chi connectivity index (χ0v) is 10.1. The average molecular weight is 244 g/mol. The second-order valence-corrected chi connectivity index (χ2v) is 4.70. The molecule has 5 heteroatoms. The van der Waals surface area contributed by atoms with Crippen LogP contribution in [0.2, 0.25) is 0 Å². The van der Waals surface area contributed by atoms with Crippen LogP contribution in [-0.2, 0) is 6.42 Å². The minimum Gasteiger partial charge on any atom is -0.338 e. The lowest BCUT2D eigenvalue weighted by Gasteiger charge is -2.19. The summed E-state index contributed by atoms with van der Waals surface area (Å²) in [5.41, 5.74) is 0. The van der Waals surface area contributed by atoms with Crippen molar-refractivity contribution in [2.24, 2.45) is 5.92 Å². The minimum atomic E-state index is 0. The molecule has 1 atom stereocenters. The van der Waals surface area contributed by atoms with Crippen molar-refractivity contribution in [2.75, 3.05) is 6.54 Å². The maximum absolute atomic E-state index is 5.31. The van der Waals surface area contributed by atoms with Crippen molar-refractivity contribution in [2.45, 2.75) is 44.6 Å². The molecule has 1 aliphatic heterocycles. The molecule has 2 aliphatic rings. The summed E-state index contributed by atoms with van der Waals surface area (Å²) in [6.07, 6.45) is 7.34. The van der Waals surface area contributed by atoms with Gasteiger partial charge in [-0.15, -0.1) is 12.4 Å². The van der Waals surface area contributed by atoms with Gasteiger partial charge < -0.3 is 9.84 Å². The number of piperidine rings is 1. The summed E-state index contributed by atoms with van der Waals surface area (Å²) in [4.78, 5) is 4.47. The molecule has 1 aliphatic carbocycles. The molecule has 0 unspecified atom stereocenters. The van der Waals surface area contributed by atoms with Crippen LogP contribution in [0.3, 0.4) is 0 Å². The lowest BCUT2D eigenvalue weighted by atomic mass is 10.1. The highest BCUT2D eigenvalue weighted by Crippen LogP contribution is 2.32. The van der Waals surface area contributed by atoms with Crippen LogP contribution in [0.25, 0.3) is 0 Å². The molecular formula is C11H18ClN3O. The maximum atomic E-state index is 5.31. The van der Waals surface area contributed by atoms with Crippen molar-refractivity contribution < 1.29 is 4.52 Å². The fourth-order valence-electron chi connectivity index (χ4n) is 2.13. The van der Waals surface area contributed by atoms with E-state index < -0.39 is 0 Å². The highest BCUT2D eigenvalue weighted by atomic mass is 35.5. The van der Waals surface area contributed by atoms with E-state index in [2.05, 4.69) is 15.5 Å². The van der Waals surface area contributed by atoms with Gasteiger partial charge in [0, 0.05) is 6.42 Å². The Balaban J connectivity index is 0.000000963. The fraction of sp³-hybridized carbons (Fsp3) is 0.818. The van der Waals surface area contributed by atoms with Gasteiger partial charge in [0.05, 0.1) is 6.04 Å². The molecule has 2 fully saturated rings. The summed E-state index contributed by atoms with van der Waals surface area (Å²) in [6.45, 7) is 1.07. The summed E-state index contributed by atoms with van der Waals surface area (Å²) >= 11 is 0. The zero-order valence-electron chi connectivity index (χ0n) is 9.32. The van der Waals surface area contributed by atoms with Gasteiger partial charge in [-0.3, -0.25) is 0 Å². The van der Waals surface area contributed by atoms with E-state index in [9.17, 15) is 0 Å². The molecule has 0 amide bonds. The molecule has 4 nitrogen and oxygen atoms in total. The third kappa shape index (κ3) is 2.74. The van der Waals surface area contributed by atoms with Crippen molar-refractivity contribution in [3.05, 3.63) is 11.7 Å². The molecule has 1 aromatic heterocycles. The van der Waals surface area contributed by atoms with E-state index in [-0.39, 0.29) is 12.4 Å². The Hall–Kier alpha value is -0.610. The molecule has 16 heavy (non-hydrogen) atoms. The molecule has 2 heterocycles. The summed E-state index contributed by atoms with van der Waals surface area (Å²) in [7, 11) is 0. The second kappa shape index (κ2) is 5.15. The highest BCUT2D eigenvalue weighted by Gasteiger charge is 2.26. The Labute approximate surface area is 102 Å². The van der Waals surface area contributed by atoms with Gasteiger partial charge in [0.1, 0.15) is 0 Å². The molecule has 1 saturated carbocycles. The van der Waals surface area contributed by atoms with Gasteiger partial charge in [-0.05, 0) is 38.1 Å². The number of hydrogen-bond acceptors (Lipinski definition) is 4. The molecule has 3 rings (SSSR count). The molecule has 1 aromatic rings. The summed E-state index contributed by atoms with van der Waals surface area (Å²) < 4.78 is 5.31. The molecular weight excluding hydrogens is 226 g/mol. The van der Waals surface area contributed by atoms with Crippen LogP contribution in [0.4, 0.5) is 0 Å². The quantitative estimate of drug-likeness (QED) is 0.885. The Kier molecular flexibility index (Phi) is 3.82.